The average Bonchev–Trinajstić information content (AvgIpc) is 3.01. The van der Waals surface area contributed by atoms with Gasteiger partial charge < -0.3 is 9.47 Å². The zero-order chi connectivity index (χ0) is 25.2. The average molecular weight is 501 g/mol. The van der Waals surface area contributed by atoms with E-state index >= 15 is 0 Å². The normalized spacial score (nSPS) is 14.4. The Morgan fingerprint density at radius 2 is 1.81 bits per heavy atom. The molecule has 2 heterocycles. The number of thioether (sulfide) groups is 1. The number of rotatable bonds is 5. The molecule has 4 aromatic rings. The summed E-state index contributed by atoms with van der Waals surface area (Å²) in [5.74, 6) is 0.667. The molecule has 1 aromatic heterocycles. The van der Waals surface area contributed by atoms with Gasteiger partial charge in [0.25, 0.3) is 0 Å². The molecule has 1 atom stereocenters. The van der Waals surface area contributed by atoms with Crippen molar-refractivity contribution in [2.75, 3.05) is 10.7 Å². The van der Waals surface area contributed by atoms with E-state index in [1.54, 1.807) is 11.0 Å². The molecule has 0 saturated carbocycles. The van der Waals surface area contributed by atoms with Crippen LogP contribution in [0, 0.1) is 0 Å². The Hall–Kier alpha value is -3.98. The Labute approximate surface area is 212 Å². The van der Waals surface area contributed by atoms with E-state index in [1.165, 1.54) is 25.6 Å². The minimum Gasteiger partial charge on any atom is -0.447 e. The molecular formula is C27H24N4O4S. The van der Waals surface area contributed by atoms with Gasteiger partial charge in [-0.2, -0.15) is 4.98 Å². The summed E-state index contributed by atoms with van der Waals surface area (Å²) in [4.78, 5) is 31.5. The van der Waals surface area contributed by atoms with Crippen molar-refractivity contribution in [3.05, 3.63) is 66.2 Å². The third-order valence-corrected chi connectivity index (χ3v) is 6.76. The summed E-state index contributed by atoms with van der Waals surface area (Å²) in [5, 5.41) is 10.9. The van der Waals surface area contributed by atoms with Gasteiger partial charge in [-0.05, 0) is 29.3 Å². The minimum absolute atomic E-state index is 0.254. The molecule has 0 N–H and O–H groups in total. The molecule has 1 amide bonds. The van der Waals surface area contributed by atoms with E-state index < -0.39 is 12.2 Å². The third-order valence-electron chi connectivity index (χ3n) is 5.72. The van der Waals surface area contributed by atoms with Gasteiger partial charge in [0.2, 0.25) is 23.2 Å². The summed E-state index contributed by atoms with van der Waals surface area (Å²) in [5.41, 5.74) is 2.25. The molecule has 182 valence electrons. The topological polar surface area (TPSA) is 94.5 Å². The van der Waals surface area contributed by atoms with Crippen molar-refractivity contribution >= 4 is 40.1 Å². The van der Waals surface area contributed by atoms with Crippen molar-refractivity contribution in [2.24, 2.45) is 0 Å². The lowest BCUT2D eigenvalue weighted by Crippen LogP contribution is -2.36. The lowest BCUT2D eigenvalue weighted by Gasteiger charge is -2.31. The van der Waals surface area contributed by atoms with Gasteiger partial charge in [-0.15, -0.1) is 10.2 Å². The molecule has 0 spiro atoms. The summed E-state index contributed by atoms with van der Waals surface area (Å²) >= 11 is 1.48. The van der Waals surface area contributed by atoms with Crippen LogP contribution in [0.1, 0.15) is 39.0 Å². The molecule has 0 saturated heterocycles. The summed E-state index contributed by atoms with van der Waals surface area (Å²) in [6, 6.07) is 18.7. The minimum atomic E-state index is -0.980. The zero-order valence-electron chi connectivity index (χ0n) is 20.1. The Morgan fingerprint density at radius 1 is 1.03 bits per heavy atom. The fourth-order valence-corrected chi connectivity index (χ4v) is 4.90. The van der Waals surface area contributed by atoms with Crippen molar-refractivity contribution in [2.45, 2.75) is 38.6 Å². The molecule has 36 heavy (non-hydrogen) atoms. The lowest BCUT2D eigenvalue weighted by molar-refractivity contribution is -0.131. The van der Waals surface area contributed by atoms with Crippen LogP contribution in [0.25, 0.3) is 22.0 Å². The van der Waals surface area contributed by atoms with Gasteiger partial charge >= 0.3 is 5.97 Å². The fourth-order valence-electron chi connectivity index (χ4n) is 4.27. The largest absolute Gasteiger partial charge is 0.447 e. The van der Waals surface area contributed by atoms with Crippen molar-refractivity contribution in [3.63, 3.8) is 0 Å². The molecule has 9 heteroatoms. The first-order valence-electron chi connectivity index (χ1n) is 11.6. The van der Waals surface area contributed by atoms with Crippen molar-refractivity contribution < 1.29 is 19.1 Å². The number of ether oxygens (including phenoxy) is 2. The number of amides is 1. The summed E-state index contributed by atoms with van der Waals surface area (Å²) < 4.78 is 12.2. The molecule has 0 fully saturated rings. The monoisotopic (exact) mass is 500 g/mol. The van der Waals surface area contributed by atoms with Crippen molar-refractivity contribution in [3.8, 4) is 22.9 Å². The molecular weight excluding hydrogens is 476 g/mol. The molecule has 0 aliphatic carbocycles. The standard InChI is InChI=1S/C27H24N4O4S/c1-4-15-36-27-28-25-24(29-30-27)20-11-7-8-12-21(20)31(16(2)32)26(35-25)23-19-10-6-5-9-18(19)13-14-22(23)34-17(3)33/h5-14,26H,4,15H2,1-3H3. The predicted octanol–water partition coefficient (Wildman–Crippen LogP) is 5.56. The highest BCUT2D eigenvalue weighted by atomic mass is 32.2. The Balaban J connectivity index is 1.79. The molecule has 1 aliphatic heterocycles. The number of carbonyl (C=O) groups is 2. The Bertz CT molecular complexity index is 1480. The predicted molar refractivity (Wildman–Crippen MR) is 138 cm³/mol. The first-order chi connectivity index (χ1) is 17.5. The number of carbonyl (C=O) groups excluding carboxylic acids is 2. The molecule has 1 unspecified atom stereocenters. The lowest BCUT2D eigenvalue weighted by atomic mass is 10.0. The van der Waals surface area contributed by atoms with Gasteiger partial charge in [0.1, 0.15) is 5.75 Å². The quantitative estimate of drug-likeness (QED) is 0.200. The molecule has 8 nitrogen and oxygen atoms in total. The number of nitrogens with zero attached hydrogens (tertiary/aromatic N) is 4. The number of hydrogen-bond acceptors (Lipinski definition) is 8. The van der Waals surface area contributed by atoms with Gasteiger partial charge in [-0.3, -0.25) is 14.5 Å². The highest BCUT2D eigenvalue weighted by Crippen LogP contribution is 2.46. The van der Waals surface area contributed by atoms with Crippen molar-refractivity contribution in [1.29, 1.82) is 0 Å². The molecule has 0 bridgehead atoms. The van der Waals surface area contributed by atoms with Crippen LogP contribution in [0.3, 0.4) is 0 Å². The fraction of sp³-hybridized carbons (Fsp3) is 0.222. The van der Waals surface area contributed by atoms with E-state index in [0.717, 1.165) is 22.9 Å². The second kappa shape index (κ2) is 9.94. The van der Waals surface area contributed by atoms with Crippen LogP contribution in [0.4, 0.5) is 5.69 Å². The SMILES string of the molecule is CCCSc1nnc2c(n1)OC(c1c(OC(C)=O)ccc3ccccc13)N(C(C)=O)c1ccccc1-2. The number of aromatic nitrogens is 3. The van der Waals surface area contributed by atoms with E-state index in [1.807, 2.05) is 54.6 Å². The van der Waals surface area contributed by atoms with Crippen LogP contribution in [0.2, 0.25) is 0 Å². The maximum atomic E-state index is 13.2. The maximum Gasteiger partial charge on any atom is 0.308 e. The van der Waals surface area contributed by atoms with Crippen LogP contribution < -0.4 is 14.4 Å². The van der Waals surface area contributed by atoms with Crippen LogP contribution in [0.15, 0.2) is 65.8 Å². The van der Waals surface area contributed by atoms with Crippen LogP contribution in [-0.4, -0.2) is 32.8 Å². The van der Waals surface area contributed by atoms with Crippen molar-refractivity contribution in [1.82, 2.24) is 15.2 Å². The number of anilines is 1. The van der Waals surface area contributed by atoms with E-state index in [4.69, 9.17) is 9.47 Å². The van der Waals surface area contributed by atoms with Gasteiger partial charge in [0.05, 0.1) is 11.3 Å². The van der Waals surface area contributed by atoms with E-state index in [0.29, 0.717) is 33.4 Å². The van der Waals surface area contributed by atoms with E-state index in [-0.39, 0.29) is 11.8 Å². The van der Waals surface area contributed by atoms with Gasteiger partial charge in [0, 0.05) is 25.2 Å². The van der Waals surface area contributed by atoms with Crippen LogP contribution in [0.5, 0.6) is 11.6 Å². The van der Waals surface area contributed by atoms with E-state index in [2.05, 4.69) is 22.1 Å². The third kappa shape index (κ3) is 4.37. The Kier molecular flexibility index (Phi) is 6.56. The first-order valence-corrected chi connectivity index (χ1v) is 12.6. The summed E-state index contributed by atoms with van der Waals surface area (Å²) in [7, 11) is 0. The number of fused-ring (bicyclic) bond motifs is 4. The molecule has 0 radical (unpaired) electrons. The second-order valence-corrected chi connectivity index (χ2v) is 9.33. The Morgan fingerprint density at radius 3 is 2.58 bits per heavy atom. The molecule has 5 rings (SSSR count). The number of esters is 1. The molecule has 3 aromatic carbocycles. The van der Waals surface area contributed by atoms with E-state index in [9.17, 15) is 9.59 Å². The van der Waals surface area contributed by atoms with Crippen LogP contribution in [-0.2, 0) is 9.59 Å². The second-order valence-electron chi connectivity index (χ2n) is 8.27. The highest BCUT2D eigenvalue weighted by Gasteiger charge is 2.37. The highest BCUT2D eigenvalue weighted by molar-refractivity contribution is 7.99. The first kappa shape index (κ1) is 23.7. The smallest absolute Gasteiger partial charge is 0.308 e. The maximum absolute atomic E-state index is 13.2. The number of hydrogen-bond donors (Lipinski definition) is 0. The molecule has 1 aliphatic rings. The number of benzene rings is 3. The van der Waals surface area contributed by atoms with Gasteiger partial charge in [-0.1, -0.05) is 67.2 Å². The summed E-state index contributed by atoms with van der Waals surface area (Å²) in [6.07, 6.45) is -0.0248. The summed E-state index contributed by atoms with van der Waals surface area (Å²) in [6.45, 7) is 4.89. The van der Waals surface area contributed by atoms with Crippen LogP contribution >= 0.6 is 11.8 Å². The van der Waals surface area contributed by atoms with Gasteiger partial charge in [-0.25, -0.2) is 0 Å². The van der Waals surface area contributed by atoms with Gasteiger partial charge in [0.15, 0.2) is 5.69 Å². The zero-order valence-corrected chi connectivity index (χ0v) is 20.9. The number of para-hydroxylation sites is 1.